The van der Waals surface area contributed by atoms with E-state index in [9.17, 15) is 4.79 Å². The summed E-state index contributed by atoms with van der Waals surface area (Å²) >= 11 is 0. The zero-order valence-electron chi connectivity index (χ0n) is 8.60. The van der Waals surface area contributed by atoms with Gasteiger partial charge in [0.05, 0.1) is 6.04 Å². The first-order chi connectivity index (χ1) is 6.57. The Hall–Kier alpha value is -1.26. The lowest BCUT2D eigenvalue weighted by molar-refractivity contribution is -0.137. The van der Waals surface area contributed by atoms with Crippen LogP contribution in [0.4, 0.5) is 0 Å². The van der Waals surface area contributed by atoms with Gasteiger partial charge in [-0.05, 0) is 19.8 Å². The minimum absolute atomic E-state index is 0.0696. The zero-order valence-corrected chi connectivity index (χ0v) is 8.60. The lowest BCUT2D eigenvalue weighted by atomic mass is 9.84. The van der Waals surface area contributed by atoms with Crippen LogP contribution in [-0.2, 0) is 4.79 Å². The van der Waals surface area contributed by atoms with Gasteiger partial charge in [-0.15, -0.1) is 0 Å². The van der Waals surface area contributed by atoms with E-state index in [-0.39, 0.29) is 23.7 Å². The number of amides is 1. The fourth-order valence-electron chi connectivity index (χ4n) is 1.42. The molecular formula is C9H17N3O2. The molecule has 1 aliphatic rings. The number of likely N-dealkylation sites (N-methyl/N-ethyl adjacent to an activating group) is 1. The number of hydrogen-bond acceptors (Lipinski definition) is 3. The van der Waals surface area contributed by atoms with Crippen molar-refractivity contribution in [3.05, 3.63) is 0 Å². The molecule has 1 atom stereocenters. The Bertz CT molecular complexity index is 248. The summed E-state index contributed by atoms with van der Waals surface area (Å²) in [5.74, 6) is 0.310. The van der Waals surface area contributed by atoms with Crippen molar-refractivity contribution in [1.29, 1.82) is 0 Å². The van der Waals surface area contributed by atoms with E-state index in [1.54, 1.807) is 18.9 Å². The van der Waals surface area contributed by atoms with Crippen LogP contribution in [0.15, 0.2) is 5.16 Å². The average Bonchev–Trinajstić information content (AvgIpc) is 2.11. The van der Waals surface area contributed by atoms with Crippen molar-refractivity contribution in [2.45, 2.75) is 32.2 Å². The summed E-state index contributed by atoms with van der Waals surface area (Å²) in [7, 11) is 1.68. The first-order valence-electron chi connectivity index (χ1n) is 4.82. The van der Waals surface area contributed by atoms with Gasteiger partial charge >= 0.3 is 0 Å². The maximum atomic E-state index is 11.7. The number of rotatable bonds is 3. The van der Waals surface area contributed by atoms with Gasteiger partial charge in [-0.2, -0.15) is 0 Å². The van der Waals surface area contributed by atoms with Crippen molar-refractivity contribution in [2.24, 2.45) is 16.8 Å². The molecule has 0 heterocycles. The molecule has 5 heteroatoms. The molecule has 1 aliphatic carbocycles. The fraction of sp³-hybridized carbons (Fsp3) is 0.778. The number of carbonyl (C=O) groups excluding carboxylic acids is 1. The van der Waals surface area contributed by atoms with Crippen LogP contribution in [0.5, 0.6) is 0 Å². The summed E-state index contributed by atoms with van der Waals surface area (Å²) in [6.07, 6.45) is 3.06. The lowest BCUT2D eigenvalue weighted by Crippen LogP contribution is -2.47. The molecule has 0 bridgehead atoms. The van der Waals surface area contributed by atoms with Crippen molar-refractivity contribution in [3.63, 3.8) is 0 Å². The molecule has 0 aromatic carbocycles. The van der Waals surface area contributed by atoms with E-state index in [0.717, 1.165) is 19.3 Å². The first-order valence-corrected chi connectivity index (χ1v) is 4.82. The molecule has 1 saturated carbocycles. The molecule has 1 fully saturated rings. The Labute approximate surface area is 83.6 Å². The predicted molar refractivity (Wildman–Crippen MR) is 53.0 cm³/mol. The van der Waals surface area contributed by atoms with Crippen LogP contribution in [0, 0.1) is 5.92 Å². The van der Waals surface area contributed by atoms with Gasteiger partial charge in [0.2, 0.25) is 5.91 Å². The molecule has 80 valence electrons. The van der Waals surface area contributed by atoms with Crippen LogP contribution >= 0.6 is 0 Å². The van der Waals surface area contributed by atoms with Crippen LogP contribution in [0.1, 0.15) is 26.2 Å². The van der Waals surface area contributed by atoms with Gasteiger partial charge in [-0.25, -0.2) is 0 Å². The topological polar surface area (TPSA) is 78.9 Å². The summed E-state index contributed by atoms with van der Waals surface area (Å²) in [5.41, 5.74) is 5.42. The third kappa shape index (κ3) is 1.97. The summed E-state index contributed by atoms with van der Waals surface area (Å²) < 4.78 is 0. The third-order valence-electron chi connectivity index (χ3n) is 2.93. The third-order valence-corrected chi connectivity index (χ3v) is 2.93. The maximum absolute atomic E-state index is 11.7. The first kappa shape index (κ1) is 10.8. The Kier molecular flexibility index (Phi) is 3.33. The minimum atomic E-state index is -0.340. The number of nitrogens with two attached hydrogens (primary N) is 1. The van der Waals surface area contributed by atoms with E-state index >= 15 is 0 Å². The largest absolute Gasteiger partial charge is 0.409 e. The number of carbonyl (C=O) groups is 1. The summed E-state index contributed by atoms with van der Waals surface area (Å²) in [6, 6.07) is -0.340. The van der Waals surface area contributed by atoms with Gasteiger partial charge in [0, 0.05) is 13.0 Å². The van der Waals surface area contributed by atoms with Gasteiger partial charge in [0.1, 0.15) is 0 Å². The highest BCUT2D eigenvalue weighted by Crippen LogP contribution is 2.28. The van der Waals surface area contributed by atoms with Crippen molar-refractivity contribution in [1.82, 2.24) is 4.90 Å². The highest BCUT2D eigenvalue weighted by Gasteiger charge is 2.30. The summed E-state index contributed by atoms with van der Waals surface area (Å²) in [6.45, 7) is 1.74. The van der Waals surface area contributed by atoms with Gasteiger partial charge < -0.3 is 15.8 Å². The molecule has 1 unspecified atom stereocenters. The second-order valence-corrected chi connectivity index (χ2v) is 3.78. The molecule has 0 radical (unpaired) electrons. The lowest BCUT2D eigenvalue weighted by Gasteiger charge is -2.32. The van der Waals surface area contributed by atoms with Crippen molar-refractivity contribution in [2.75, 3.05) is 7.05 Å². The second kappa shape index (κ2) is 4.30. The van der Waals surface area contributed by atoms with E-state index in [0.29, 0.717) is 0 Å². The summed E-state index contributed by atoms with van der Waals surface area (Å²) in [4.78, 5) is 13.3. The predicted octanol–water partition coefficient (Wildman–Crippen LogP) is 0.380. The molecule has 0 aromatic heterocycles. The highest BCUT2D eigenvalue weighted by molar-refractivity contribution is 5.90. The Morgan fingerprint density at radius 2 is 2.21 bits per heavy atom. The van der Waals surface area contributed by atoms with Crippen LogP contribution < -0.4 is 5.73 Å². The van der Waals surface area contributed by atoms with Gasteiger partial charge in [0.15, 0.2) is 5.84 Å². The Morgan fingerprint density at radius 1 is 1.64 bits per heavy atom. The average molecular weight is 199 g/mol. The van der Waals surface area contributed by atoms with Crippen LogP contribution in [-0.4, -0.2) is 34.9 Å². The second-order valence-electron chi connectivity index (χ2n) is 3.78. The molecule has 0 aromatic rings. The van der Waals surface area contributed by atoms with Crippen molar-refractivity contribution < 1.29 is 10.0 Å². The van der Waals surface area contributed by atoms with Crippen LogP contribution in [0.2, 0.25) is 0 Å². The van der Waals surface area contributed by atoms with Gasteiger partial charge in [-0.3, -0.25) is 4.79 Å². The van der Waals surface area contributed by atoms with E-state index in [2.05, 4.69) is 5.16 Å². The van der Waals surface area contributed by atoms with E-state index in [1.807, 2.05) is 0 Å². The fourth-order valence-corrected chi connectivity index (χ4v) is 1.42. The standard InChI is InChI=1S/C9H17N3O2/c1-6(8(10)11-14)12(2)9(13)7-4-3-5-7/h6-7,14H,3-5H2,1-2H3,(H2,10,11). The van der Waals surface area contributed by atoms with Crippen LogP contribution in [0.25, 0.3) is 0 Å². The van der Waals surface area contributed by atoms with Crippen LogP contribution in [0.3, 0.4) is 0 Å². The monoisotopic (exact) mass is 199 g/mol. The van der Waals surface area contributed by atoms with E-state index in [4.69, 9.17) is 10.9 Å². The molecule has 3 N–H and O–H groups in total. The van der Waals surface area contributed by atoms with Gasteiger partial charge in [-0.1, -0.05) is 11.6 Å². The number of hydrogen-bond donors (Lipinski definition) is 2. The molecule has 0 saturated heterocycles. The number of oxime groups is 1. The van der Waals surface area contributed by atoms with Crippen molar-refractivity contribution >= 4 is 11.7 Å². The molecule has 14 heavy (non-hydrogen) atoms. The summed E-state index contributed by atoms with van der Waals surface area (Å²) in [5, 5.41) is 11.4. The highest BCUT2D eigenvalue weighted by atomic mass is 16.4. The Balaban J connectivity index is 2.54. The molecule has 0 spiro atoms. The molecule has 1 amide bonds. The molecular weight excluding hydrogens is 182 g/mol. The molecule has 5 nitrogen and oxygen atoms in total. The van der Waals surface area contributed by atoms with E-state index in [1.165, 1.54) is 0 Å². The normalized spacial score (nSPS) is 20.0. The number of amidine groups is 1. The number of nitrogens with zero attached hydrogens (tertiary/aromatic N) is 2. The molecule has 0 aliphatic heterocycles. The quantitative estimate of drug-likeness (QED) is 0.298. The smallest absolute Gasteiger partial charge is 0.226 e. The minimum Gasteiger partial charge on any atom is -0.409 e. The molecule has 1 rings (SSSR count). The SMILES string of the molecule is CC(C(N)=NO)N(C)C(=O)C1CCC1. The van der Waals surface area contributed by atoms with Crippen molar-refractivity contribution in [3.8, 4) is 0 Å². The maximum Gasteiger partial charge on any atom is 0.226 e. The van der Waals surface area contributed by atoms with Gasteiger partial charge in [0.25, 0.3) is 0 Å². The zero-order chi connectivity index (χ0) is 10.7. The van der Waals surface area contributed by atoms with E-state index < -0.39 is 0 Å². The Morgan fingerprint density at radius 3 is 2.57 bits per heavy atom.